The number of phenols is 1. The molecule has 0 aliphatic heterocycles. The summed E-state index contributed by atoms with van der Waals surface area (Å²) < 4.78 is 15.8. The van der Waals surface area contributed by atoms with Crippen molar-refractivity contribution in [1.29, 1.82) is 0 Å². The van der Waals surface area contributed by atoms with E-state index in [4.69, 9.17) is 14.2 Å². The van der Waals surface area contributed by atoms with E-state index < -0.39 is 0 Å². The van der Waals surface area contributed by atoms with E-state index in [1.807, 2.05) is 0 Å². The van der Waals surface area contributed by atoms with Crippen molar-refractivity contribution in [2.24, 2.45) is 11.8 Å². The van der Waals surface area contributed by atoms with Crippen LogP contribution in [0.4, 0.5) is 0 Å². The molecule has 0 spiro atoms. The maximum Gasteiger partial charge on any atom is 0.314 e. The maximum absolute atomic E-state index is 12.3. The molecule has 1 fully saturated rings. The van der Waals surface area contributed by atoms with Gasteiger partial charge in [0.2, 0.25) is 0 Å². The van der Waals surface area contributed by atoms with Gasteiger partial charge < -0.3 is 19.3 Å². The predicted octanol–water partition coefficient (Wildman–Crippen LogP) is 3.72. The Morgan fingerprint density at radius 1 is 0.741 bits per heavy atom. The van der Waals surface area contributed by atoms with Crippen LogP contribution in [0.5, 0.6) is 23.0 Å². The summed E-state index contributed by atoms with van der Waals surface area (Å²) in [5, 5.41) is 9.26. The molecule has 0 atom stereocenters. The summed E-state index contributed by atoms with van der Waals surface area (Å²) in [5.41, 5.74) is 0. The quantitative estimate of drug-likeness (QED) is 0.638. The van der Waals surface area contributed by atoms with Gasteiger partial charge in [-0.25, -0.2) is 0 Å². The van der Waals surface area contributed by atoms with Crippen LogP contribution in [0.3, 0.4) is 0 Å². The molecular weight excluding hydrogens is 348 g/mol. The molecular formula is C21H22O6. The van der Waals surface area contributed by atoms with Crippen LogP contribution in [0.15, 0.2) is 48.5 Å². The van der Waals surface area contributed by atoms with Crippen molar-refractivity contribution in [2.75, 3.05) is 7.11 Å². The third kappa shape index (κ3) is 5.00. The van der Waals surface area contributed by atoms with Crippen molar-refractivity contribution in [3.05, 3.63) is 48.5 Å². The van der Waals surface area contributed by atoms with E-state index >= 15 is 0 Å². The fourth-order valence-corrected chi connectivity index (χ4v) is 3.12. The summed E-state index contributed by atoms with van der Waals surface area (Å²) in [6.07, 6.45) is 2.34. The summed E-state index contributed by atoms with van der Waals surface area (Å²) >= 11 is 0. The number of phenolic OH excluding ortho intramolecular Hbond substituents is 1. The van der Waals surface area contributed by atoms with Crippen LogP contribution in [0.1, 0.15) is 25.7 Å². The molecule has 3 rings (SSSR count). The lowest BCUT2D eigenvalue weighted by atomic mass is 9.82. The first-order valence-corrected chi connectivity index (χ1v) is 8.91. The predicted molar refractivity (Wildman–Crippen MR) is 97.8 cm³/mol. The normalized spacial score (nSPS) is 19.1. The van der Waals surface area contributed by atoms with Crippen molar-refractivity contribution in [2.45, 2.75) is 25.7 Å². The molecule has 6 nitrogen and oxygen atoms in total. The average molecular weight is 370 g/mol. The van der Waals surface area contributed by atoms with Crippen LogP contribution in [-0.4, -0.2) is 24.2 Å². The van der Waals surface area contributed by atoms with Crippen molar-refractivity contribution < 1.29 is 28.9 Å². The summed E-state index contributed by atoms with van der Waals surface area (Å²) in [6.45, 7) is 0. The second kappa shape index (κ2) is 8.58. The van der Waals surface area contributed by atoms with Crippen LogP contribution in [0.25, 0.3) is 0 Å². The van der Waals surface area contributed by atoms with E-state index in [0.29, 0.717) is 42.9 Å². The van der Waals surface area contributed by atoms with Crippen LogP contribution < -0.4 is 14.2 Å². The zero-order valence-electron chi connectivity index (χ0n) is 15.1. The Morgan fingerprint density at radius 3 is 1.52 bits per heavy atom. The molecule has 0 unspecified atom stereocenters. The molecule has 0 radical (unpaired) electrons. The Hall–Kier alpha value is -3.02. The number of benzene rings is 2. The highest BCUT2D eigenvalue weighted by molar-refractivity contribution is 5.77. The van der Waals surface area contributed by atoms with Gasteiger partial charge in [0.25, 0.3) is 0 Å². The minimum atomic E-state index is -0.303. The molecule has 1 aliphatic rings. The highest BCUT2D eigenvalue weighted by Gasteiger charge is 2.32. The number of hydrogen-bond acceptors (Lipinski definition) is 6. The van der Waals surface area contributed by atoms with Gasteiger partial charge in [-0.3, -0.25) is 9.59 Å². The summed E-state index contributed by atoms with van der Waals surface area (Å²) in [4.78, 5) is 24.6. The number of methoxy groups -OCH3 is 1. The zero-order valence-corrected chi connectivity index (χ0v) is 15.1. The standard InChI is InChI=1S/C21H22O6/c1-25-17-10-12-19(13-11-17)27-21(24)15-4-2-14(3-5-15)20(23)26-18-8-6-16(22)7-9-18/h6-15,22H,2-5H2,1H3. The van der Waals surface area contributed by atoms with Crippen molar-refractivity contribution in [1.82, 2.24) is 0 Å². The largest absolute Gasteiger partial charge is 0.508 e. The van der Waals surface area contributed by atoms with Gasteiger partial charge in [-0.05, 0) is 74.2 Å². The van der Waals surface area contributed by atoms with Gasteiger partial charge in [-0.2, -0.15) is 0 Å². The number of esters is 2. The molecule has 27 heavy (non-hydrogen) atoms. The Bertz CT molecular complexity index is 773. The second-order valence-corrected chi connectivity index (χ2v) is 6.56. The number of carbonyl (C=O) groups is 2. The molecule has 2 aromatic rings. The van der Waals surface area contributed by atoms with Gasteiger partial charge in [0.15, 0.2) is 0 Å². The third-order valence-corrected chi connectivity index (χ3v) is 4.73. The van der Waals surface area contributed by atoms with E-state index in [0.717, 1.165) is 0 Å². The highest BCUT2D eigenvalue weighted by atomic mass is 16.5. The molecule has 142 valence electrons. The second-order valence-electron chi connectivity index (χ2n) is 6.56. The molecule has 1 N–H and O–H groups in total. The first-order valence-electron chi connectivity index (χ1n) is 8.91. The van der Waals surface area contributed by atoms with Gasteiger partial charge >= 0.3 is 11.9 Å². The van der Waals surface area contributed by atoms with Crippen LogP contribution in [-0.2, 0) is 9.59 Å². The molecule has 6 heteroatoms. The Balaban J connectivity index is 1.47. The molecule has 0 heterocycles. The van der Waals surface area contributed by atoms with Gasteiger partial charge in [-0.1, -0.05) is 0 Å². The lowest BCUT2D eigenvalue weighted by Crippen LogP contribution is -2.30. The Labute approximate surface area is 157 Å². The number of aromatic hydroxyl groups is 1. The first-order chi connectivity index (χ1) is 13.0. The van der Waals surface area contributed by atoms with Crippen molar-refractivity contribution >= 4 is 11.9 Å². The minimum absolute atomic E-state index is 0.116. The lowest BCUT2D eigenvalue weighted by Gasteiger charge is -2.25. The van der Waals surface area contributed by atoms with Gasteiger partial charge in [0, 0.05) is 0 Å². The summed E-state index contributed by atoms with van der Waals surface area (Å²) in [7, 11) is 1.58. The van der Waals surface area contributed by atoms with E-state index in [-0.39, 0.29) is 29.5 Å². The SMILES string of the molecule is COc1ccc(OC(=O)C2CCC(C(=O)Oc3ccc(O)cc3)CC2)cc1. The molecule has 1 saturated carbocycles. The molecule has 0 bridgehead atoms. The smallest absolute Gasteiger partial charge is 0.314 e. The van der Waals surface area contributed by atoms with Crippen LogP contribution in [0.2, 0.25) is 0 Å². The number of ether oxygens (including phenoxy) is 3. The van der Waals surface area contributed by atoms with Gasteiger partial charge in [0.05, 0.1) is 18.9 Å². The molecule has 2 aromatic carbocycles. The van der Waals surface area contributed by atoms with E-state index in [1.165, 1.54) is 12.1 Å². The summed E-state index contributed by atoms with van der Waals surface area (Å²) in [5.74, 6) is 0.670. The topological polar surface area (TPSA) is 82.1 Å². The first kappa shape index (κ1) is 18.8. The van der Waals surface area contributed by atoms with E-state index in [2.05, 4.69) is 0 Å². The van der Waals surface area contributed by atoms with E-state index in [9.17, 15) is 14.7 Å². The average Bonchev–Trinajstić information content (AvgIpc) is 2.70. The number of carbonyl (C=O) groups excluding carboxylic acids is 2. The third-order valence-electron chi connectivity index (χ3n) is 4.73. The summed E-state index contributed by atoms with van der Waals surface area (Å²) in [6, 6.07) is 12.9. The Kier molecular flexibility index (Phi) is 5.96. The lowest BCUT2D eigenvalue weighted by molar-refractivity contribution is -0.145. The van der Waals surface area contributed by atoms with E-state index in [1.54, 1.807) is 43.5 Å². The van der Waals surface area contributed by atoms with Crippen LogP contribution >= 0.6 is 0 Å². The zero-order chi connectivity index (χ0) is 19.2. The van der Waals surface area contributed by atoms with Gasteiger partial charge in [-0.15, -0.1) is 0 Å². The number of rotatable bonds is 5. The van der Waals surface area contributed by atoms with Crippen molar-refractivity contribution in [3.8, 4) is 23.0 Å². The van der Waals surface area contributed by atoms with Crippen molar-refractivity contribution in [3.63, 3.8) is 0 Å². The molecule has 0 amide bonds. The molecule has 0 saturated heterocycles. The fourth-order valence-electron chi connectivity index (χ4n) is 3.12. The molecule has 1 aliphatic carbocycles. The van der Waals surface area contributed by atoms with Crippen LogP contribution in [0, 0.1) is 11.8 Å². The minimum Gasteiger partial charge on any atom is -0.508 e. The Morgan fingerprint density at radius 2 is 1.11 bits per heavy atom. The number of hydrogen-bond donors (Lipinski definition) is 1. The molecule has 0 aromatic heterocycles. The monoisotopic (exact) mass is 370 g/mol. The fraction of sp³-hybridized carbons (Fsp3) is 0.333. The highest BCUT2D eigenvalue weighted by Crippen LogP contribution is 2.31. The van der Waals surface area contributed by atoms with Gasteiger partial charge in [0.1, 0.15) is 23.0 Å². The maximum atomic E-state index is 12.3.